The summed E-state index contributed by atoms with van der Waals surface area (Å²) >= 11 is 0. The van der Waals surface area contributed by atoms with E-state index in [9.17, 15) is 4.79 Å². The largest absolute Gasteiger partial charge is 0.358 e. The van der Waals surface area contributed by atoms with E-state index in [-0.39, 0.29) is 11.4 Å². The molecule has 92 valence electrons. The molecule has 0 aromatic heterocycles. The molecule has 1 amide bonds. The van der Waals surface area contributed by atoms with Gasteiger partial charge in [0.2, 0.25) is 5.91 Å². The van der Waals surface area contributed by atoms with Crippen LogP contribution in [0.3, 0.4) is 0 Å². The second-order valence-electron chi connectivity index (χ2n) is 5.06. The number of hydrogen-bond donors (Lipinski definition) is 2. The molecule has 0 atom stereocenters. The standard InChI is InChI=1S/C12H23N3O/c1-13-11(16)9-15-8-7-14-10-12(15)5-3-2-4-6-12/h14H,2-10H2,1H3,(H,13,16). The minimum atomic E-state index is 0.145. The Morgan fingerprint density at radius 2 is 2.12 bits per heavy atom. The molecule has 1 saturated heterocycles. The predicted octanol–water partition coefficient (Wildman–Crippen LogP) is 0.341. The molecule has 0 aromatic rings. The van der Waals surface area contributed by atoms with Gasteiger partial charge in [-0.05, 0) is 12.8 Å². The number of carbonyl (C=O) groups excluding carboxylic acids is 1. The van der Waals surface area contributed by atoms with Gasteiger partial charge in [-0.15, -0.1) is 0 Å². The first-order chi connectivity index (χ1) is 7.77. The van der Waals surface area contributed by atoms with Crippen molar-refractivity contribution in [3.05, 3.63) is 0 Å². The zero-order valence-electron chi connectivity index (χ0n) is 10.2. The first-order valence-electron chi connectivity index (χ1n) is 6.43. The van der Waals surface area contributed by atoms with Crippen LogP contribution in [0.4, 0.5) is 0 Å². The van der Waals surface area contributed by atoms with Crippen LogP contribution < -0.4 is 10.6 Å². The van der Waals surface area contributed by atoms with E-state index in [1.165, 1.54) is 32.1 Å². The fraction of sp³-hybridized carbons (Fsp3) is 0.917. The summed E-state index contributed by atoms with van der Waals surface area (Å²) in [4.78, 5) is 13.9. The van der Waals surface area contributed by atoms with Crippen molar-refractivity contribution in [2.24, 2.45) is 0 Å². The van der Waals surface area contributed by atoms with Gasteiger partial charge < -0.3 is 10.6 Å². The number of amides is 1. The molecule has 4 nitrogen and oxygen atoms in total. The summed E-state index contributed by atoms with van der Waals surface area (Å²) in [6.07, 6.45) is 6.47. The number of nitrogens with one attached hydrogen (secondary N) is 2. The van der Waals surface area contributed by atoms with E-state index < -0.39 is 0 Å². The molecule has 4 heteroatoms. The van der Waals surface area contributed by atoms with Crippen LogP contribution in [0.25, 0.3) is 0 Å². The van der Waals surface area contributed by atoms with E-state index in [4.69, 9.17) is 0 Å². The Kier molecular flexibility index (Phi) is 3.82. The van der Waals surface area contributed by atoms with Gasteiger partial charge in [-0.1, -0.05) is 19.3 Å². The van der Waals surface area contributed by atoms with Gasteiger partial charge in [-0.25, -0.2) is 0 Å². The Morgan fingerprint density at radius 1 is 1.38 bits per heavy atom. The summed E-state index contributed by atoms with van der Waals surface area (Å²) in [5.41, 5.74) is 0.267. The topological polar surface area (TPSA) is 44.4 Å². The van der Waals surface area contributed by atoms with Gasteiger partial charge in [0.1, 0.15) is 0 Å². The molecule has 0 bridgehead atoms. The quantitative estimate of drug-likeness (QED) is 0.712. The third kappa shape index (κ3) is 2.38. The van der Waals surface area contributed by atoms with Gasteiger partial charge in [0.05, 0.1) is 6.54 Å². The van der Waals surface area contributed by atoms with Crippen LogP contribution >= 0.6 is 0 Å². The molecule has 2 fully saturated rings. The van der Waals surface area contributed by atoms with E-state index in [2.05, 4.69) is 15.5 Å². The molecular weight excluding hydrogens is 202 g/mol. The van der Waals surface area contributed by atoms with Crippen LogP contribution in [0.1, 0.15) is 32.1 Å². The summed E-state index contributed by atoms with van der Waals surface area (Å²) in [6, 6.07) is 0. The normalized spacial score (nSPS) is 25.6. The van der Waals surface area contributed by atoms with Gasteiger partial charge in [-0.2, -0.15) is 0 Å². The van der Waals surface area contributed by atoms with Crippen molar-refractivity contribution in [3.8, 4) is 0 Å². The third-order valence-electron chi connectivity index (χ3n) is 4.08. The maximum atomic E-state index is 11.5. The molecule has 0 radical (unpaired) electrons. The number of hydrogen-bond acceptors (Lipinski definition) is 3. The summed E-state index contributed by atoms with van der Waals surface area (Å²) in [5.74, 6) is 0.145. The fourth-order valence-electron chi connectivity index (χ4n) is 3.09. The van der Waals surface area contributed by atoms with Crippen LogP contribution in [0.5, 0.6) is 0 Å². The van der Waals surface area contributed by atoms with Crippen molar-refractivity contribution in [1.29, 1.82) is 0 Å². The van der Waals surface area contributed by atoms with Gasteiger partial charge in [0, 0.05) is 32.2 Å². The SMILES string of the molecule is CNC(=O)CN1CCNCC12CCCCC2. The number of piperazine rings is 1. The molecule has 16 heavy (non-hydrogen) atoms. The molecule has 1 saturated carbocycles. The maximum Gasteiger partial charge on any atom is 0.233 e. The van der Waals surface area contributed by atoms with E-state index >= 15 is 0 Å². The molecule has 1 aliphatic heterocycles. The molecule has 2 aliphatic rings. The van der Waals surface area contributed by atoms with Crippen molar-refractivity contribution in [3.63, 3.8) is 0 Å². The zero-order valence-corrected chi connectivity index (χ0v) is 10.2. The van der Waals surface area contributed by atoms with E-state index in [1.807, 2.05) is 0 Å². The minimum absolute atomic E-state index is 0.145. The first kappa shape index (κ1) is 11.9. The van der Waals surface area contributed by atoms with Gasteiger partial charge in [-0.3, -0.25) is 9.69 Å². The second-order valence-corrected chi connectivity index (χ2v) is 5.06. The fourth-order valence-corrected chi connectivity index (χ4v) is 3.09. The molecule has 1 aliphatic carbocycles. The highest BCUT2D eigenvalue weighted by Gasteiger charge is 2.40. The Bertz CT molecular complexity index is 240. The Morgan fingerprint density at radius 3 is 2.81 bits per heavy atom. The van der Waals surface area contributed by atoms with E-state index in [1.54, 1.807) is 7.05 Å². The molecule has 1 spiro atoms. The van der Waals surface area contributed by atoms with Gasteiger partial charge in [0.15, 0.2) is 0 Å². The van der Waals surface area contributed by atoms with E-state index in [0.717, 1.165) is 19.6 Å². The lowest BCUT2D eigenvalue weighted by atomic mass is 9.79. The smallest absolute Gasteiger partial charge is 0.233 e. The van der Waals surface area contributed by atoms with E-state index in [0.29, 0.717) is 6.54 Å². The Labute approximate surface area is 97.8 Å². The first-order valence-corrected chi connectivity index (χ1v) is 6.43. The molecule has 0 aromatic carbocycles. The lowest BCUT2D eigenvalue weighted by Crippen LogP contribution is -2.63. The number of nitrogens with zero attached hydrogens (tertiary/aromatic N) is 1. The van der Waals surface area contributed by atoms with Gasteiger partial charge >= 0.3 is 0 Å². The lowest BCUT2D eigenvalue weighted by Gasteiger charge is -2.49. The number of carbonyl (C=O) groups is 1. The Hall–Kier alpha value is -0.610. The zero-order chi connectivity index (χ0) is 11.4. The minimum Gasteiger partial charge on any atom is -0.358 e. The molecular formula is C12H23N3O. The van der Waals surface area contributed by atoms with Crippen LogP contribution in [0.15, 0.2) is 0 Å². The maximum absolute atomic E-state index is 11.5. The summed E-state index contributed by atoms with van der Waals surface area (Å²) in [7, 11) is 1.72. The second kappa shape index (κ2) is 5.15. The van der Waals surface area contributed by atoms with Crippen LogP contribution in [0.2, 0.25) is 0 Å². The summed E-state index contributed by atoms with van der Waals surface area (Å²) in [6.45, 7) is 3.65. The highest BCUT2D eigenvalue weighted by molar-refractivity contribution is 5.77. The van der Waals surface area contributed by atoms with Crippen molar-refractivity contribution >= 4 is 5.91 Å². The summed E-state index contributed by atoms with van der Waals surface area (Å²) in [5, 5.41) is 6.23. The monoisotopic (exact) mass is 225 g/mol. The van der Waals surface area contributed by atoms with Crippen molar-refractivity contribution < 1.29 is 4.79 Å². The summed E-state index contributed by atoms with van der Waals surface area (Å²) < 4.78 is 0. The predicted molar refractivity (Wildman–Crippen MR) is 64.3 cm³/mol. The molecule has 0 unspecified atom stereocenters. The number of likely N-dealkylation sites (N-methyl/N-ethyl adjacent to an activating group) is 1. The molecule has 1 heterocycles. The van der Waals surface area contributed by atoms with Crippen LogP contribution in [-0.2, 0) is 4.79 Å². The van der Waals surface area contributed by atoms with Crippen molar-refractivity contribution in [2.75, 3.05) is 33.2 Å². The lowest BCUT2D eigenvalue weighted by molar-refractivity contribution is -0.124. The molecule has 2 N–H and O–H groups in total. The highest BCUT2D eigenvalue weighted by atomic mass is 16.1. The highest BCUT2D eigenvalue weighted by Crippen LogP contribution is 2.34. The number of rotatable bonds is 2. The van der Waals surface area contributed by atoms with Gasteiger partial charge in [0.25, 0.3) is 0 Å². The van der Waals surface area contributed by atoms with Crippen LogP contribution in [-0.4, -0.2) is 49.6 Å². The average molecular weight is 225 g/mol. The molecule has 2 rings (SSSR count). The third-order valence-corrected chi connectivity index (χ3v) is 4.08. The van der Waals surface area contributed by atoms with Crippen molar-refractivity contribution in [2.45, 2.75) is 37.6 Å². The van der Waals surface area contributed by atoms with Crippen molar-refractivity contribution in [1.82, 2.24) is 15.5 Å². The average Bonchev–Trinajstić information content (AvgIpc) is 2.33. The van der Waals surface area contributed by atoms with Crippen LogP contribution in [0, 0.1) is 0 Å². The Balaban J connectivity index is 2.03.